The number of nitrogens with zero attached hydrogens (tertiary/aromatic N) is 1. The normalized spacial score (nSPS) is 30.4. The first-order valence-electron chi connectivity index (χ1n) is 6.22. The molecule has 0 aromatic heterocycles. The standard InChI is InChI=1S/C12H26N2S/c1-5-15-7-6-11(3)14-9-10(2)13-8-12(14)4/h10-13H,5-9H2,1-4H3. The maximum Gasteiger partial charge on any atom is 0.0195 e. The van der Waals surface area contributed by atoms with E-state index in [9.17, 15) is 0 Å². The third kappa shape index (κ3) is 4.33. The van der Waals surface area contributed by atoms with Gasteiger partial charge in [-0.15, -0.1) is 0 Å². The summed E-state index contributed by atoms with van der Waals surface area (Å²) in [5, 5.41) is 3.54. The van der Waals surface area contributed by atoms with Gasteiger partial charge in [-0.05, 0) is 38.7 Å². The maximum absolute atomic E-state index is 3.54. The second-order valence-corrected chi connectivity index (χ2v) is 6.08. The molecular formula is C12H26N2S. The zero-order valence-electron chi connectivity index (χ0n) is 10.6. The van der Waals surface area contributed by atoms with Gasteiger partial charge in [-0.2, -0.15) is 11.8 Å². The van der Waals surface area contributed by atoms with Gasteiger partial charge in [-0.3, -0.25) is 4.90 Å². The molecule has 0 aromatic carbocycles. The van der Waals surface area contributed by atoms with Crippen LogP contribution in [0.25, 0.3) is 0 Å². The summed E-state index contributed by atoms with van der Waals surface area (Å²) in [6.45, 7) is 11.6. The van der Waals surface area contributed by atoms with Gasteiger partial charge >= 0.3 is 0 Å². The SMILES string of the molecule is CCSCCC(C)N1CC(C)NCC1C. The van der Waals surface area contributed by atoms with E-state index in [2.05, 4.69) is 49.7 Å². The van der Waals surface area contributed by atoms with E-state index in [-0.39, 0.29) is 0 Å². The third-order valence-electron chi connectivity index (χ3n) is 3.26. The highest BCUT2D eigenvalue weighted by Gasteiger charge is 2.25. The van der Waals surface area contributed by atoms with Gasteiger partial charge < -0.3 is 5.32 Å². The monoisotopic (exact) mass is 230 g/mol. The van der Waals surface area contributed by atoms with E-state index >= 15 is 0 Å². The van der Waals surface area contributed by atoms with Crippen LogP contribution in [0.1, 0.15) is 34.1 Å². The predicted molar refractivity (Wildman–Crippen MR) is 70.7 cm³/mol. The van der Waals surface area contributed by atoms with E-state index in [1.54, 1.807) is 0 Å². The molecule has 1 aliphatic rings. The molecule has 1 aliphatic heterocycles. The molecule has 1 fully saturated rings. The maximum atomic E-state index is 3.54. The molecule has 3 unspecified atom stereocenters. The van der Waals surface area contributed by atoms with Gasteiger partial charge in [-0.25, -0.2) is 0 Å². The van der Waals surface area contributed by atoms with Crippen molar-refractivity contribution in [2.24, 2.45) is 0 Å². The summed E-state index contributed by atoms with van der Waals surface area (Å²) in [5.41, 5.74) is 0. The molecule has 0 bridgehead atoms. The van der Waals surface area contributed by atoms with Crippen LogP contribution in [0, 0.1) is 0 Å². The lowest BCUT2D eigenvalue weighted by molar-refractivity contribution is 0.102. The Morgan fingerprint density at radius 1 is 1.47 bits per heavy atom. The number of thioether (sulfide) groups is 1. The topological polar surface area (TPSA) is 15.3 Å². The summed E-state index contributed by atoms with van der Waals surface area (Å²) >= 11 is 2.06. The Morgan fingerprint density at radius 2 is 2.20 bits per heavy atom. The number of hydrogen-bond donors (Lipinski definition) is 1. The number of piperazine rings is 1. The van der Waals surface area contributed by atoms with Gasteiger partial charge in [-0.1, -0.05) is 6.92 Å². The van der Waals surface area contributed by atoms with Crippen molar-refractivity contribution in [2.75, 3.05) is 24.6 Å². The Bertz CT molecular complexity index is 175. The largest absolute Gasteiger partial charge is 0.311 e. The van der Waals surface area contributed by atoms with Crippen molar-refractivity contribution in [1.82, 2.24) is 10.2 Å². The van der Waals surface area contributed by atoms with E-state index in [1.807, 2.05) is 0 Å². The van der Waals surface area contributed by atoms with Crippen LogP contribution < -0.4 is 5.32 Å². The molecule has 1 heterocycles. The Labute approximate surface area is 99.2 Å². The highest BCUT2D eigenvalue weighted by Crippen LogP contribution is 2.15. The highest BCUT2D eigenvalue weighted by molar-refractivity contribution is 7.99. The van der Waals surface area contributed by atoms with Gasteiger partial charge in [0, 0.05) is 31.2 Å². The second-order valence-electron chi connectivity index (χ2n) is 4.69. The molecule has 0 amide bonds. The van der Waals surface area contributed by atoms with Gasteiger partial charge in [0.1, 0.15) is 0 Å². The minimum absolute atomic E-state index is 0.655. The summed E-state index contributed by atoms with van der Waals surface area (Å²) in [6.07, 6.45) is 1.33. The van der Waals surface area contributed by atoms with Crippen molar-refractivity contribution in [3.63, 3.8) is 0 Å². The van der Waals surface area contributed by atoms with Gasteiger partial charge in [0.2, 0.25) is 0 Å². The number of rotatable bonds is 5. The lowest BCUT2D eigenvalue weighted by atomic mass is 10.1. The average molecular weight is 230 g/mol. The highest BCUT2D eigenvalue weighted by atomic mass is 32.2. The van der Waals surface area contributed by atoms with Crippen LogP contribution in [0.5, 0.6) is 0 Å². The Balaban J connectivity index is 2.32. The van der Waals surface area contributed by atoms with Crippen LogP contribution in [-0.2, 0) is 0 Å². The predicted octanol–water partition coefficient (Wildman–Crippen LogP) is 2.20. The molecule has 0 radical (unpaired) electrons. The molecule has 1 N–H and O–H groups in total. The fraction of sp³-hybridized carbons (Fsp3) is 1.00. The minimum atomic E-state index is 0.655. The first kappa shape index (κ1) is 13.3. The molecule has 1 saturated heterocycles. The molecular weight excluding hydrogens is 204 g/mol. The summed E-state index contributed by atoms with van der Waals surface area (Å²) < 4.78 is 0. The molecule has 1 rings (SSSR count). The molecule has 90 valence electrons. The molecule has 0 spiro atoms. The molecule has 15 heavy (non-hydrogen) atoms. The van der Waals surface area contributed by atoms with Crippen LogP contribution in [0.2, 0.25) is 0 Å². The van der Waals surface area contributed by atoms with E-state index in [4.69, 9.17) is 0 Å². The van der Waals surface area contributed by atoms with Crippen molar-refractivity contribution in [1.29, 1.82) is 0 Å². The van der Waals surface area contributed by atoms with Crippen LogP contribution in [0.15, 0.2) is 0 Å². The van der Waals surface area contributed by atoms with E-state index in [1.165, 1.54) is 24.5 Å². The van der Waals surface area contributed by atoms with Gasteiger partial charge in [0.25, 0.3) is 0 Å². The number of hydrogen-bond acceptors (Lipinski definition) is 3. The minimum Gasteiger partial charge on any atom is -0.311 e. The first-order chi connectivity index (χ1) is 7.15. The fourth-order valence-corrected chi connectivity index (χ4v) is 3.02. The smallest absolute Gasteiger partial charge is 0.0195 e. The van der Waals surface area contributed by atoms with Crippen molar-refractivity contribution in [3.05, 3.63) is 0 Å². The zero-order valence-corrected chi connectivity index (χ0v) is 11.4. The quantitative estimate of drug-likeness (QED) is 0.729. The van der Waals surface area contributed by atoms with Crippen LogP contribution in [0.4, 0.5) is 0 Å². The fourth-order valence-electron chi connectivity index (χ4n) is 2.23. The Morgan fingerprint density at radius 3 is 2.87 bits per heavy atom. The number of nitrogens with one attached hydrogen (secondary N) is 1. The van der Waals surface area contributed by atoms with E-state index < -0.39 is 0 Å². The van der Waals surface area contributed by atoms with Crippen LogP contribution >= 0.6 is 11.8 Å². The van der Waals surface area contributed by atoms with Crippen LogP contribution in [-0.4, -0.2) is 47.6 Å². The summed E-state index contributed by atoms with van der Waals surface area (Å²) in [5.74, 6) is 2.56. The molecule has 0 aliphatic carbocycles. The molecule has 0 saturated carbocycles. The molecule has 0 aromatic rings. The summed E-state index contributed by atoms with van der Waals surface area (Å²) in [4.78, 5) is 2.66. The van der Waals surface area contributed by atoms with Crippen molar-refractivity contribution < 1.29 is 0 Å². The van der Waals surface area contributed by atoms with Crippen LogP contribution in [0.3, 0.4) is 0 Å². The summed E-state index contributed by atoms with van der Waals surface area (Å²) in [7, 11) is 0. The van der Waals surface area contributed by atoms with Crippen molar-refractivity contribution in [3.8, 4) is 0 Å². The van der Waals surface area contributed by atoms with Crippen molar-refractivity contribution in [2.45, 2.75) is 52.2 Å². The average Bonchev–Trinajstić information content (AvgIpc) is 2.22. The van der Waals surface area contributed by atoms with Crippen molar-refractivity contribution >= 4 is 11.8 Å². The van der Waals surface area contributed by atoms with Gasteiger partial charge in [0.05, 0.1) is 0 Å². The van der Waals surface area contributed by atoms with E-state index in [0.29, 0.717) is 12.1 Å². The lowest BCUT2D eigenvalue weighted by Gasteiger charge is -2.41. The van der Waals surface area contributed by atoms with Gasteiger partial charge in [0.15, 0.2) is 0 Å². The summed E-state index contributed by atoms with van der Waals surface area (Å²) in [6, 6.07) is 2.09. The third-order valence-corrected chi connectivity index (χ3v) is 4.20. The van der Waals surface area contributed by atoms with E-state index in [0.717, 1.165) is 12.6 Å². The second kappa shape index (κ2) is 6.77. The Kier molecular flexibility index (Phi) is 6.02. The lowest BCUT2D eigenvalue weighted by Crippen LogP contribution is -2.57. The zero-order chi connectivity index (χ0) is 11.3. The molecule has 3 atom stereocenters. The molecule has 2 nitrogen and oxygen atoms in total. The first-order valence-corrected chi connectivity index (χ1v) is 7.37. The Hall–Kier alpha value is 0.270. The molecule has 3 heteroatoms.